The predicted molar refractivity (Wildman–Crippen MR) is 150 cm³/mol. The van der Waals surface area contributed by atoms with Crippen molar-refractivity contribution < 1.29 is 28.6 Å². The second kappa shape index (κ2) is 12.8. The molecule has 39 heavy (non-hydrogen) atoms. The highest BCUT2D eigenvalue weighted by Gasteiger charge is 2.23. The van der Waals surface area contributed by atoms with Crippen molar-refractivity contribution in [2.75, 3.05) is 18.5 Å². The van der Waals surface area contributed by atoms with Crippen molar-refractivity contribution in [3.8, 4) is 22.6 Å². The van der Waals surface area contributed by atoms with E-state index in [1.807, 2.05) is 12.1 Å². The minimum absolute atomic E-state index is 0.116. The Hall–Kier alpha value is -3.87. The number of ketones is 1. The van der Waals surface area contributed by atoms with E-state index in [2.05, 4.69) is 43.4 Å². The summed E-state index contributed by atoms with van der Waals surface area (Å²) in [6.07, 6.45) is 2.90. The fourth-order valence-corrected chi connectivity index (χ4v) is 5.01. The molecule has 1 aliphatic rings. The molecule has 4 rings (SSSR count). The number of ether oxygens (including phenoxy) is 2. The van der Waals surface area contributed by atoms with Crippen LogP contribution < -0.4 is 14.8 Å². The highest BCUT2D eigenvalue weighted by Crippen LogP contribution is 2.38. The van der Waals surface area contributed by atoms with E-state index in [4.69, 9.17) is 14.6 Å². The Labute approximate surface area is 229 Å². The van der Waals surface area contributed by atoms with Gasteiger partial charge in [0, 0.05) is 18.9 Å². The zero-order chi connectivity index (χ0) is 27.9. The molecule has 0 aliphatic carbocycles. The smallest absolute Gasteiger partial charge is 0.303 e. The number of fused-ring (bicyclic) bond motifs is 1. The zero-order valence-electron chi connectivity index (χ0n) is 22.8. The number of hydrogen-bond acceptors (Lipinski definition) is 5. The third-order valence-corrected chi connectivity index (χ3v) is 7.05. The number of benzene rings is 3. The molecule has 1 aliphatic heterocycles. The van der Waals surface area contributed by atoms with Crippen molar-refractivity contribution in [2.24, 2.45) is 0 Å². The number of halogens is 1. The molecule has 2 N–H and O–H groups in total. The van der Waals surface area contributed by atoms with Crippen LogP contribution in [0, 0.1) is 5.82 Å². The van der Waals surface area contributed by atoms with Crippen molar-refractivity contribution >= 4 is 17.4 Å². The van der Waals surface area contributed by atoms with Crippen molar-refractivity contribution in [1.82, 2.24) is 0 Å². The van der Waals surface area contributed by atoms with Crippen molar-refractivity contribution in [1.29, 1.82) is 0 Å². The summed E-state index contributed by atoms with van der Waals surface area (Å²) in [5.74, 6) is 0.129. The molecule has 1 atom stereocenters. The Kier molecular flexibility index (Phi) is 9.23. The van der Waals surface area contributed by atoms with E-state index < -0.39 is 11.8 Å². The molecule has 1 heterocycles. The van der Waals surface area contributed by atoms with Gasteiger partial charge in [-0.05, 0) is 90.3 Å². The molecule has 1 unspecified atom stereocenters. The molecule has 0 fully saturated rings. The summed E-state index contributed by atoms with van der Waals surface area (Å²) in [5, 5.41) is 12.3. The van der Waals surface area contributed by atoms with Gasteiger partial charge in [0.15, 0.2) is 0 Å². The molecule has 0 saturated heterocycles. The molecule has 3 aromatic rings. The molecule has 0 saturated carbocycles. The van der Waals surface area contributed by atoms with E-state index in [1.165, 1.54) is 22.8 Å². The van der Waals surface area contributed by atoms with E-state index in [-0.39, 0.29) is 24.7 Å². The van der Waals surface area contributed by atoms with Gasteiger partial charge in [-0.3, -0.25) is 4.79 Å². The quantitative estimate of drug-likeness (QED) is 0.246. The number of anilines is 1. The maximum atomic E-state index is 14.7. The molecular formula is C32H36FNO5. The number of hydrogen-bond donors (Lipinski definition) is 2. The van der Waals surface area contributed by atoms with Gasteiger partial charge in [0.05, 0.1) is 18.3 Å². The number of Topliss-reactive ketones (excluding diaryl/α,β-unsaturated/α-hetero) is 1. The number of carboxylic acid groups (broad SMARTS) is 1. The highest BCUT2D eigenvalue weighted by atomic mass is 19.1. The summed E-state index contributed by atoms with van der Waals surface area (Å²) >= 11 is 0. The zero-order valence-corrected chi connectivity index (χ0v) is 22.8. The van der Waals surface area contributed by atoms with Gasteiger partial charge >= 0.3 is 5.97 Å². The van der Waals surface area contributed by atoms with Gasteiger partial charge in [-0.15, -0.1) is 0 Å². The fraction of sp³-hybridized carbons (Fsp3) is 0.375. The molecule has 0 bridgehead atoms. The van der Waals surface area contributed by atoms with Gasteiger partial charge in [-0.25, -0.2) is 4.39 Å². The Morgan fingerprint density at radius 1 is 1.05 bits per heavy atom. The van der Waals surface area contributed by atoms with Crippen LogP contribution in [-0.2, 0) is 28.9 Å². The molecule has 0 spiro atoms. The van der Waals surface area contributed by atoms with Gasteiger partial charge in [-0.1, -0.05) is 32.0 Å². The summed E-state index contributed by atoms with van der Waals surface area (Å²) in [5.41, 5.74) is 6.62. The fourth-order valence-electron chi connectivity index (χ4n) is 5.01. The third-order valence-electron chi connectivity index (χ3n) is 7.05. The largest absolute Gasteiger partial charge is 0.494 e. The van der Waals surface area contributed by atoms with E-state index in [0.717, 1.165) is 29.7 Å². The van der Waals surface area contributed by atoms with Crippen molar-refractivity contribution in [3.63, 3.8) is 0 Å². The maximum absolute atomic E-state index is 14.7. The Morgan fingerprint density at radius 3 is 2.46 bits per heavy atom. The lowest BCUT2D eigenvalue weighted by Gasteiger charge is -2.29. The number of carbonyl (C=O) groups is 2. The number of nitrogens with one attached hydrogen (secondary N) is 1. The van der Waals surface area contributed by atoms with Crippen LogP contribution in [0.3, 0.4) is 0 Å². The average Bonchev–Trinajstić information content (AvgIpc) is 2.93. The van der Waals surface area contributed by atoms with Crippen molar-refractivity contribution in [3.05, 3.63) is 76.6 Å². The lowest BCUT2D eigenvalue weighted by atomic mass is 9.89. The van der Waals surface area contributed by atoms with E-state index in [0.29, 0.717) is 43.1 Å². The highest BCUT2D eigenvalue weighted by molar-refractivity contribution is 5.75. The first-order chi connectivity index (χ1) is 18.8. The predicted octanol–water partition coefficient (Wildman–Crippen LogP) is 6.93. The standard InChI is InChI=1S/C32H36FNO5/c1-4-21-15-26(38-13-7-8-20(3)35)16-22(5-2)32(21)25-10-6-9-24(14-25)29-19-39-30-17-23(11-12-31(36)37)27(33)18-28(30)34-29/h6,9-10,14-18,29,34H,4-5,7-8,11-13,19H2,1-3H3,(H,36,37). The molecular weight excluding hydrogens is 497 g/mol. The average molecular weight is 534 g/mol. The van der Waals surface area contributed by atoms with Crippen LogP contribution in [0.1, 0.15) is 68.3 Å². The summed E-state index contributed by atoms with van der Waals surface area (Å²) < 4.78 is 26.6. The Bertz CT molecular complexity index is 1330. The van der Waals surface area contributed by atoms with Crippen molar-refractivity contribution in [2.45, 2.75) is 65.3 Å². The summed E-state index contributed by atoms with van der Waals surface area (Å²) in [7, 11) is 0. The second-order valence-corrected chi connectivity index (χ2v) is 9.94. The summed E-state index contributed by atoms with van der Waals surface area (Å²) in [4.78, 5) is 22.1. The van der Waals surface area contributed by atoms with Crippen LogP contribution >= 0.6 is 0 Å². The summed E-state index contributed by atoms with van der Waals surface area (Å²) in [6, 6.07) is 15.3. The SMILES string of the molecule is CCc1cc(OCCCC(C)=O)cc(CC)c1-c1cccc(C2COc3cc(CCC(=O)O)c(F)cc3N2)c1. The lowest BCUT2D eigenvalue weighted by molar-refractivity contribution is -0.137. The van der Waals surface area contributed by atoms with Crippen LogP contribution in [0.2, 0.25) is 0 Å². The van der Waals surface area contributed by atoms with Crippen LogP contribution in [-0.4, -0.2) is 30.1 Å². The molecule has 7 heteroatoms. The molecule has 0 amide bonds. The van der Waals surface area contributed by atoms with Crippen LogP contribution in [0.4, 0.5) is 10.1 Å². The molecule has 0 aromatic heterocycles. The maximum Gasteiger partial charge on any atom is 0.303 e. The number of rotatable bonds is 12. The molecule has 6 nitrogen and oxygen atoms in total. The van der Waals surface area contributed by atoms with Gasteiger partial charge in [-0.2, -0.15) is 0 Å². The lowest BCUT2D eigenvalue weighted by Crippen LogP contribution is -2.24. The van der Waals surface area contributed by atoms with Gasteiger partial charge in [0.2, 0.25) is 0 Å². The van der Waals surface area contributed by atoms with E-state index in [9.17, 15) is 14.0 Å². The van der Waals surface area contributed by atoms with Crippen LogP contribution in [0.5, 0.6) is 11.5 Å². The summed E-state index contributed by atoms with van der Waals surface area (Å²) in [6.45, 7) is 6.74. The van der Waals surface area contributed by atoms with Crippen LogP contribution in [0.15, 0.2) is 48.5 Å². The third kappa shape index (κ3) is 6.96. The van der Waals surface area contributed by atoms with E-state index in [1.54, 1.807) is 13.0 Å². The second-order valence-electron chi connectivity index (χ2n) is 9.94. The normalized spacial score (nSPS) is 14.2. The first kappa shape index (κ1) is 28.1. The van der Waals surface area contributed by atoms with Gasteiger partial charge in [0.25, 0.3) is 0 Å². The number of carboxylic acids is 1. The molecule has 3 aromatic carbocycles. The first-order valence-corrected chi connectivity index (χ1v) is 13.6. The Morgan fingerprint density at radius 2 is 1.79 bits per heavy atom. The molecule has 0 radical (unpaired) electrons. The minimum Gasteiger partial charge on any atom is -0.494 e. The topological polar surface area (TPSA) is 84.9 Å². The Balaban J connectivity index is 1.56. The van der Waals surface area contributed by atoms with Gasteiger partial charge < -0.3 is 24.7 Å². The number of aliphatic carboxylic acids is 1. The monoisotopic (exact) mass is 533 g/mol. The van der Waals surface area contributed by atoms with Crippen LogP contribution in [0.25, 0.3) is 11.1 Å². The molecule has 206 valence electrons. The minimum atomic E-state index is -0.963. The van der Waals surface area contributed by atoms with E-state index >= 15 is 0 Å². The number of carbonyl (C=O) groups excluding carboxylic acids is 1. The van der Waals surface area contributed by atoms with Gasteiger partial charge in [0.1, 0.15) is 29.7 Å². The number of aryl methyl sites for hydroxylation is 3. The first-order valence-electron chi connectivity index (χ1n) is 13.6.